The summed E-state index contributed by atoms with van der Waals surface area (Å²) in [6.45, 7) is 0. The van der Waals surface area contributed by atoms with Gasteiger partial charge in [0, 0.05) is 16.8 Å². The van der Waals surface area contributed by atoms with Gasteiger partial charge in [-0.3, -0.25) is 4.79 Å². The summed E-state index contributed by atoms with van der Waals surface area (Å²) >= 11 is 3.17. The van der Waals surface area contributed by atoms with Gasteiger partial charge in [-0.25, -0.2) is 8.42 Å². The average molecular weight is 322 g/mol. The molecule has 17 heavy (non-hydrogen) atoms. The first-order valence-corrected chi connectivity index (χ1v) is 7.36. The van der Waals surface area contributed by atoms with Crippen molar-refractivity contribution < 1.29 is 18.3 Å². The van der Waals surface area contributed by atoms with Gasteiger partial charge >= 0.3 is 5.97 Å². The van der Waals surface area contributed by atoms with Crippen LogP contribution in [0.1, 0.15) is 18.0 Å². The van der Waals surface area contributed by atoms with Crippen LogP contribution >= 0.6 is 15.9 Å². The number of carboxylic acids is 1. The molecule has 1 rings (SSSR count). The lowest BCUT2D eigenvalue weighted by molar-refractivity contribution is -0.137. The maximum absolute atomic E-state index is 11.4. The normalized spacial score (nSPS) is 13.4. The van der Waals surface area contributed by atoms with Crippen LogP contribution < -0.4 is 5.73 Å². The van der Waals surface area contributed by atoms with Crippen molar-refractivity contribution in [2.45, 2.75) is 17.4 Å². The Labute approximate surface area is 108 Å². The molecule has 0 aliphatic carbocycles. The summed E-state index contributed by atoms with van der Waals surface area (Å²) < 4.78 is 23.4. The number of sulfone groups is 1. The Morgan fingerprint density at radius 1 is 1.47 bits per heavy atom. The smallest absolute Gasteiger partial charge is 0.305 e. The summed E-state index contributed by atoms with van der Waals surface area (Å²) in [6.07, 6.45) is 0.834. The highest BCUT2D eigenvalue weighted by Crippen LogP contribution is 2.24. The van der Waals surface area contributed by atoms with Crippen molar-refractivity contribution in [2.75, 3.05) is 6.26 Å². The molecule has 0 saturated heterocycles. The van der Waals surface area contributed by atoms with Crippen molar-refractivity contribution in [2.24, 2.45) is 5.73 Å². The van der Waals surface area contributed by atoms with Crippen molar-refractivity contribution in [1.82, 2.24) is 0 Å². The maximum Gasteiger partial charge on any atom is 0.305 e. The van der Waals surface area contributed by atoms with Crippen LogP contribution in [0.2, 0.25) is 0 Å². The van der Waals surface area contributed by atoms with Crippen LogP contribution in [0.5, 0.6) is 0 Å². The first kappa shape index (κ1) is 14.1. The molecule has 0 saturated carbocycles. The fraction of sp³-hybridized carbons (Fsp3) is 0.300. The monoisotopic (exact) mass is 321 g/mol. The van der Waals surface area contributed by atoms with Crippen LogP contribution in [0.15, 0.2) is 27.6 Å². The first-order valence-electron chi connectivity index (χ1n) is 4.68. The Morgan fingerprint density at radius 2 is 2.06 bits per heavy atom. The number of carbonyl (C=O) groups is 1. The summed E-state index contributed by atoms with van der Waals surface area (Å²) in [4.78, 5) is 10.7. The fourth-order valence-electron chi connectivity index (χ4n) is 1.32. The Kier molecular flexibility index (Phi) is 4.29. The molecule has 0 fully saturated rings. The predicted molar refractivity (Wildman–Crippen MR) is 66.4 cm³/mol. The number of hydrogen-bond acceptors (Lipinski definition) is 4. The van der Waals surface area contributed by atoms with Crippen molar-refractivity contribution in [3.8, 4) is 0 Å². The second kappa shape index (κ2) is 5.16. The Hall–Kier alpha value is -0.920. The van der Waals surface area contributed by atoms with E-state index in [0.29, 0.717) is 10.0 Å². The van der Waals surface area contributed by atoms with E-state index in [-0.39, 0.29) is 11.3 Å². The molecule has 0 bridgehead atoms. The lowest BCUT2D eigenvalue weighted by Gasteiger charge is -2.11. The van der Waals surface area contributed by atoms with Crippen LogP contribution in [-0.4, -0.2) is 25.7 Å². The van der Waals surface area contributed by atoms with Crippen molar-refractivity contribution in [3.05, 3.63) is 28.2 Å². The van der Waals surface area contributed by atoms with Crippen LogP contribution in [0.4, 0.5) is 0 Å². The van der Waals surface area contributed by atoms with E-state index in [1.807, 2.05) is 0 Å². The molecule has 0 radical (unpaired) electrons. The second-order valence-electron chi connectivity index (χ2n) is 3.70. The number of halogens is 1. The van der Waals surface area contributed by atoms with Crippen molar-refractivity contribution in [3.63, 3.8) is 0 Å². The third kappa shape index (κ3) is 4.10. The molecule has 0 heterocycles. The van der Waals surface area contributed by atoms with Gasteiger partial charge in [0.2, 0.25) is 0 Å². The van der Waals surface area contributed by atoms with Gasteiger partial charge in [0.1, 0.15) is 0 Å². The van der Waals surface area contributed by atoms with Gasteiger partial charge < -0.3 is 10.8 Å². The summed E-state index contributed by atoms with van der Waals surface area (Å²) in [5, 5.41) is 8.63. The van der Waals surface area contributed by atoms with Gasteiger partial charge in [0.05, 0.1) is 11.3 Å². The van der Waals surface area contributed by atoms with Crippen molar-refractivity contribution in [1.29, 1.82) is 0 Å². The minimum absolute atomic E-state index is 0.114. The number of aliphatic carboxylic acids is 1. The van der Waals surface area contributed by atoms with Crippen LogP contribution in [-0.2, 0) is 14.6 Å². The van der Waals surface area contributed by atoms with Crippen molar-refractivity contribution >= 4 is 31.7 Å². The van der Waals surface area contributed by atoms with E-state index in [1.165, 1.54) is 12.1 Å². The molecule has 0 aromatic heterocycles. The van der Waals surface area contributed by atoms with Crippen LogP contribution in [0.3, 0.4) is 0 Å². The van der Waals surface area contributed by atoms with Gasteiger partial charge in [0.25, 0.3) is 0 Å². The maximum atomic E-state index is 11.4. The Bertz CT molecular complexity index is 541. The topological polar surface area (TPSA) is 97.5 Å². The predicted octanol–water partition coefficient (Wildman–Crippen LogP) is 1.33. The van der Waals surface area contributed by atoms with E-state index in [4.69, 9.17) is 10.8 Å². The first-order chi connectivity index (χ1) is 7.70. The van der Waals surface area contributed by atoms with E-state index in [9.17, 15) is 13.2 Å². The standard InChI is InChI=1S/C10H12BrNO4S/c1-17(15,16)8-3-6(2-7(11)4-8)9(12)5-10(13)14/h2-4,9H,5,12H2,1H3,(H,13,14). The summed E-state index contributed by atoms with van der Waals surface area (Å²) in [5.41, 5.74) is 6.15. The quantitative estimate of drug-likeness (QED) is 0.871. The van der Waals surface area contributed by atoms with E-state index >= 15 is 0 Å². The molecule has 3 N–H and O–H groups in total. The van der Waals surface area contributed by atoms with Gasteiger partial charge in [-0.2, -0.15) is 0 Å². The molecular weight excluding hydrogens is 310 g/mol. The Morgan fingerprint density at radius 3 is 2.53 bits per heavy atom. The van der Waals surface area contributed by atoms with Gasteiger partial charge in [-0.1, -0.05) is 15.9 Å². The van der Waals surface area contributed by atoms with Crippen LogP contribution in [0.25, 0.3) is 0 Å². The molecular formula is C10H12BrNO4S. The van der Waals surface area contributed by atoms with E-state index in [0.717, 1.165) is 6.26 Å². The molecule has 0 spiro atoms. The molecule has 0 aliphatic heterocycles. The molecule has 1 atom stereocenters. The highest BCUT2D eigenvalue weighted by Gasteiger charge is 2.15. The number of benzene rings is 1. The zero-order valence-corrected chi connectivity index (χ0v) is 11.5. The third-order valence-corrected chi connectivity index (χ3v) is 3.69. The minimum atomic E-state index is -3.34. The summed E-state index contributed by atoms with van der Waals surface area (Å²) in [7, 11) is -3.34. The molecule has 1 unspecified atom stereocenters. The Balaban J connectivity index is 3.18. The largest absolute Gasteiger partial charge is 0.481 e. The molecule has 7 heteroatoms. The van der Waals surface area contributed by atoms with E-state index in [1.54, 1.807) is 6.07 Å². The molecule has 0 aliphatic rings. The number of carboxylic acid groups (broad SMARTS) is 1. The summed E-state index contributed by atoms with van der Waals surface area (Å²) in [5.74, 6) is -1.03. The van der Waals surface area contributed by atoms with Crippen LogP contribution in [0, 0.1) is 0 Å². The van der Waals surface area contributed by atoms with Gasteiger partial charge in [0.15, 0.2) is 9.84 Å². The molecule has 0 amide bonds. The number of nitrogens with two attached hydrogens (primary N) is 1. The molecule has 94 valence electrons. The lowest BCUT2D eigenvalue weighted by atomic mass is 10.1. The number of hydrogen-bond donors (Lipinski definition) is 2. The third-order valence-electron chi connectivity index (χ3n) is 2.14. The molecule has 1 aromatic rings. The highest BCUT2D eigenvalue weighted by molar-refractivity contribution is 9.10. The highest BCUT2D eigenvalue weighted by atomic mass is 79.9. The molecule has 1 aromatic carbocycles. The minimum Gasteiger partial charge on any atom is -0.481 e. The lowest BCUT2D eigenvalue weighted by Crippen LogP contribution is -2.15. The van der Waals surface area contributed by atoms with E-state index in [2.05, 4.69) is 15.9 Å². The molecule has 5 nitrogen and oxygen atoms in total. The van der Waals surface area contributed by atoms with Gasteiger partial charge in [-0.05, 0) is 23.8 Å². The zero-order chi connectivity index (χ0) is 13.2. The SMILES string of the molecule is CS(=O)(=O)c1cc(Br)cc(C(N)CC(=O)O)c1. The second-order valence-corrected chi connectivity index (χ2v) is 6.63. The zero-order valence-electron chi connectivity index (χ0n) is 9.05. The fourth-order valence-corrected chi connectivity index (χ4v) is 2.67. The average Bonchev–Trinajstić information content (AvgIpc) is 2.14. The number of rotatable bonds is 4. The van der Waals surface area contributed by atoms with E-state index < -0.39 is 21.8 Å². The van der Waals surface area contributed by atoms with Gasteiger partial charge in [-0.15, -0.1) is 0 Å². The summed E-state index contributed by atoms with van der Waals surface area (Å²) in [6, 6.07) is 3.73.